The summed E-state index contributed by atoms with van der Waals surface area (Å²) in [6.45, 7) is -0.0900. The third-order valence-electron chi connectivity index (χ3n) is 3.78. The van der Waals surface area contributed by atoms with Crippen molar-refractivity contribution in [2.24, 2.45) is 0 Å². The molecule has 0 aromatic heterocycles. The maximum Gasteiger partial charge on any atom is 0.416 e. The lowest BCUT2D eigenvalue weighted by molar-refractivity contribution is -0.137. The van der Waals surface area contributed by atoms with Gasteiger partial charge in [-0.15, -0.1) is 0 Å². The quantitative estimate of drug-likeness (QED) is 0.748. The van der Waals surface area contributed by atoms with E-state index in [9.17, 15) is 21.6 Å². The lowest BCUT2D eigenvalue weighted by Gasteiger charge is -2.10. The van der Waals surface area contributed by atoms with Gasteiger partial charge in [-0.1, -0.05) is 42.5 Å². The number of benzene rings is 3. The molecule has 0 saturated heterocycles. The lowest BCUT2D eigenvalue weighted by atomic mass is 10.1. The van der Waals surface area contributed by atoms with Gasteiger partial charge in [-0.2, -0.15) is 13.2 Å². The van der Waals surface area contributed by atoms with Crippen LogP contribution in [0.4, 0.5) is 13.2 Å². The highest BCUT2D eigenvalue weighted by molar-refractivity contribution is 7.89. The number of nitrogens with one attached hydrogen (secondary N) is 1. The number of alkyl halides is 3. The molecule has 130 valence electrons. The van der Waals surface area contributed by atoms with Crippen molar-refractivity contribution >= 4 is 20.8 Å². The van der Waals surface area contributed by atoms with Crippen LogP contribution in [-0.4, -0.2) is 8.42 Å². The van der Waals surface area contributed by atoms with Crippen LogP contribution in [0.25, 0.3) is 10.8 Å². The molecule has 0 amide bonds. The molecule has 1 N–H and O–H groups in total. The van der Waals surface area contributed by atoms with Crippen LogP contribution in [0, 0.1) is 0 Å². The summed E-state index contributed by atoms with van der Waals surface area (Å²) in [6, 6.07) is 16.5. The Bertz CT molecular complexity index is 997. The van der Waals surface area contributed by atoms with E-state index >= 15 is 0 Å². The smallest absolute Gasteiger partial charge is 0.207 e. The Hall–Kier alpha value is -2.38. The monoisotopic (exact) mass is 365 g/mol. The summed E-state index contributed by atoms with van der Waals surface area (Å²) < 4.78 is 64.8. The van der Waals surface area contributed by atoms with E-state index in [1.54, 1.807) is 12.1 Å². The number of fused-ring (bicyclic) bond motifs is 1. The van der Waals surface area contributed by atoms with Crippen LogP contribution in [0.15, 0.2) is 71.6 Å². The van der Waals surface area contributed by atoms with Crippen molar-refractivity contribution in [3.8, 4) is 0 Å². The van der Waals surface area contributed by atoms with Gasteiger partial charge < -0.3 is 0 Å². The molecule has 0 aliphatic carbocycles. The zero-order valence-corrected chi connectivity index (χ0v) is 13.7. The maximum atomic E-state index is 12.5. The first-order valence-electron chi connectivity index (χ1n) is 7.40. The van der Waals surface area contributed by atoms with E-state index in [-0.39, 0.29) is 11.4 Å². The third kappa shape index (κ3) is 4.00. The Balaban J connectivity index is 1.76. The summed E-state index contributed by atoms with van der Waals surface area (Å²) >= 11 is 0. The van der Waals surface area contributed by atoms with Gasteiger partial charge in [0, 0.05) is 6.54 Å². The SMILES string of the molecule is O=S(=O)(NCc1ccc(C(F)(F)F)cc1)c1ccc2ccccc2c1. The van der Waals surface area contributed by atoms with Crippen molar-refractivity contribution in [2.75, 3.05) is 0 Å². The molecule has 0 fully saturated rings. The minimum Gasteiger partial charge on any atom is -0.207 e. The molecule has 0 aliphatic rings. The topological polar surface area (TPSA) is 46.2 Å². The molecule has 0 atom stereocenters. The van der Waals surface area contributed by atoms with E-state index in [4.69, 9.17) is 0 Å². The Labute approximate surface area is 143 Å². The van der Waals surface area contributed by atoms with Crippen molar-refractivity contribution < 1.29 is 21.6 Å². The van der Waals surface area contributed by atoms with Crippen LogP contribution in [-0.2, 0) is 22.7 Å². The van der Waals surface area contributed by atoms with Crippen molar-refractivity contribution in [1.82, 2.24) is 4.72 Å². The van der Waals surface area contributed by atoms with Crippen LogP contribution in [0.3, 0.4) is 0 Å². The minimum absolute atomic E-state index is 0.0900. The summed E-state index contributed by atoms with van der Waals surface area (Å²) in [6.07, 6.45) is -4.41. The lowest BCUT2D eigenvalue weighted by Crippen LogP contribution is -2.23. The molecule has 0 radical (unpaired) electrons. The predicted octanol–water partition coefficient (Wildman–Crippen LogP) is 4.34. The van der Waals surface area contributed by atoms with Gasteiger partial charge in [0.2, 0.25) is 10.0 Å². The summed E-state index contributed by atoms with van der Waals surface area (Å²) in [7, 11) is -3.76. The first kappa shape index (κ1) is 17.4. The van der Waals surface area contributed by atoms with E-state index in [0.717, 1.165) is 22.9 Å². The summed E-state index contributed by atoms with van der Waals surface area (Å²) in [4.78, 5) is 0.109. The van der Waals surface area contributed by atoms with Crippen LogP contribution in [0.5, 0.6) is 0 Å². The number of hydrogen-bond donors (Lipinski definition) is 1. The standard InChI is InChI=1S/C18H14F3NO2S/c19-18(20,21)16-8-5-13(6-9-16)12-22-25(23,24)17-10-7-14-3-1-2-4-15(14)11-17/h1-11,22H,12H2. The molecular weight excluding hydrogens is 351 g/mol. The van der Waals surface area contributed by atoms with Gasteiger partial charge in [-0.25, -0.2) is 13.1 Å². The fourth-order valence-corrected chi connectivity index (χ4v) is 3.46. The highest BCUT2D eigenvalue weighted by Crippen LogP contribution is 2.29. The fraction of sp³-hybridized carbons (Fsp3) is 0.111. The zero-order chi connectivity index (χ0) is 18.1. The zero-order valence-electron chi connectivity index (χ0n) is 12.9. The maximum absolute atomic E-state index is 12.5. The minimum atomic E-state index is -4.41. The fourth-order valence-electron chi connectivity index (χ4n) is 2.41. The Morgan fingerprint density at radius 1 is 0.840 bits per heavy atom. The molecule has 3 aromatic carbocycles. The van der Waals surface area contributed by atoms with E-state index in [1.807, 2.05) is 24.3 Å². The molecule has 3 nitrogen and oxygen atoms in total. The molecule has 3 rings (SSSR count). The van der Waals surface area contributed by atoms with E-state index in [0.29, 0.717) is 5.56 Å². The number of sulfonamides is 1. The normalized spacial score (nSPS) is 12.4. The van der Waals surface area contributed by atoms with Gasteiger partial charge in [0.25, 0.3) is 0 Å². The molecule has 0 unspecified atom stereocenters. The molecule has 0 saturated carbocycles. The molecule has 3 aromatic rings. The molecule has 0 spiro atoms. The third-order valence-corrected chi connectivity index (χ3v) is 5.18. The van der Waals surface area contributed by atoms with Crippen LogP contribution in [0.2, 0.25) is 0 Å². The molecule has 0 heterocycles. The van der Waals surface area contributed by atoms with E-state index in [2.05, 4.69) is 4.72 Å². The number of halogens is 3. The second-order valence-corrected chi connectivity index (χ2v) is 7.30. The second-order valence-electron chi connectivity index (χ2n) is 5.53. The van der Waals surface area contributed by atoms with Gasteiger partial charge in [-0.05, 0) is 40.6 Å². The van der Waals surface area contributed by atoms with Crippen LogP contribution < -0.4 is 4.72 Å². The average molecular weight is 365 g/mol. The predicted molar refractivity (Wildman–Crippen MR) is 89.4 cm³/mol. The van der Waals surface area contributed by atoms with E-state index < -0.39 is 21.8 Å². The highest BCUT2D eigenvalue weighted by atomic mass is 32.2. The highest BCUT2D eigenvalue weighted by Gasteiger charge is 2.29. The largest absolute Gasteiger partial charge is 0.416 e. The van der Waals surface area contributed by atoms with Crippen molar-refractivity contribution in [3.63, 3.8) is 0 Å². The van der Waals surface area contributed by atoms with Crippen molar-refractivity contribution in [1.29, 1.82) is 0 Å². The average Bonchev–Trinajstić information content (AvgIpc) is 2.59. The van der Waals surface area contributed by atoms with Gasteiger partial charge >= 0.3 is 6.18 Å². The molecule has 7 heteroatoms. The van der Waals surface area contributed by atoms with Crippen LogP contribution in [0.1, 0.15) is 11.1 Å². The molecular formula is C18H14F3NO2S. The molecule has 0 aliphatic heterocycles. The Morgan fingerprint density at radius 3 is 2.12 bits per heavy atom. The van der Waals surface area contributed by atoms with Crippen molar-refractivity contribution in [2.45, 2.75) is 17.6 Å². The Kier molecular flexibility index (Phi) is 4.53. The van der Waals surface area contributed by atoms with E-state index in [1.165, 1.54) is 18.2 Å². The van der Waals surface area contributed by atoms with Gasteiger partial charge in [0.15, 0.2) is 0 Å². The number of hydrogen-bond acceptors (Lipinski definition) is 2. The summed E-state index contributed by atoms with van der Waals surface area (Å²) in [5.41, 5.74) is -0.328. The molecule has 25 heavy (non-hydrogen) atoms. The molecule has 0 bridgehead atoms. The first-order chi connectivity index (χ1) is 11.8. The first-order valence-corrected chi connectivity index (χ1v) is 8.89. The van der Waals surface area contributed by atoms with Gasteiger partial charge in [-0.3, -0.25) is 0 Å². The van der Waals surface area contributed by atoms with Crippen molar-refractivity contribution in [3.05, 3.63) is 77.9 Å². The Morgan fingerprint density at radius 2 is 1.48 bits per heavy atom. The van der Waals surface area contributed by atoms with Gasteiger partial charge in [0.05, 0.1) is 10.5 Å². The van der Waals surface area contributed by atoms with Crippen LogP contribution >= 0.6 is 0 Å². The van der Waals surface area contributed by atoms with Gasteiger partial charge in [0.1, 0.15) is 0 Å². The number of rotatable bonds is 4. The summed E-state index contributed by atoms with van der Waals surface area (Å²) in [5.74, 6) is 0. The second kappa shape index (κ2) is 6.50. The summed E-state index contributed by atoms with van der Waals surface area (Å²) in [5, 5.41) is 1.71.